The second-order valence-electron chi connectivity index (χ2n) is 3.56. The quantitative estimate of drug-likeness (QED) is 0.604. The number of hydrogen-bond donors (Lipinski definition) is 0. The SMILES string of the molecule is CCN(CC)C1CCN(CC#N)C1. The minimum absolute atomic E-state index is 0.595. The molecule has 0 saturated carbocycles. The minimum Gasteiger partial charge on any atom is -0.300 e. The van der Waals surface area contributed by atoms with Crippen LogP contribution in [0.15, 0.2) is 0 Å². The number of nitriles is 1. The van der Waals surface area contributed by atoms with Gasteiger partial charge >= 0.3 is 0 Å². The van der Waals surface area contributed by atoms with Crippen LogP contribution >= 0.6 is 0 Å². The molecule has 13 heavy (non-hydrogen) atoms. The minimum atomic E-state index is 0.595. The van der Waals surface area contributed by atoms with Gasteiger partial charge in [0.15, 0.2) is 0 Å². The Bertz CT molecular complexity index is 181. The first kappa shape index (κ1) is 10.5. The highest BCUT2D eigenvalue weighted by molar-refractivity contribution is 4.87. The molecule has 0 amide bonds. The summed E-state index contributed by atoms with van der Waals surface area (Å²) in [6, 6.07) is 2.90. The summed E-state index contributed by atoms with van der Waals surface area (Å²) in [5.41, 5.74) is 0. The highest BCUT2D eigenvalue weighted by atomic mass is 15.2. The largest absolute Gasteiger partial charge is 0.300 e. The lowest BCUT2D eigenvalue weighted by molar-refractivity contribution is 0.215. The van der Waals surface area contributed by atoms with Gasteiger partial charge in [-0.2, -0.15) is 5.26 Å². The van der Waals surface area contributed by atoms with Crippen LogP contribution in [0.3, 0.4) is 0 Å². The van der Waals surface area contributed by atoms with E-state index in [0.717, 1.165) is 26.2 Å². The van der Waals surface area contributed by atoms with Crippen molar-refractivity contribution in [1.82, 2.24) is 9.80 Å². The Kier molecular flexibility index (Phi) is 4.20. The van der Waals surface area contributed by atoms with E-state index in [1.165, 1.54) is 6.42 Å². The normalized spacial score (nSPS) is 23.7. The lowest BCUT2D eigenvalue weighted by atomic mass is 10.2. The van der Waals surface area contributed by atoms with Crippen LogP contribution in [0.1, 0.15) is 20.3 Å². The highest BCUT2D eigenvalue weighted by Crippen LogP contribution is 2.14. The Morgan fingerprint density at radius 3 is 2.69 bits per heavy atom. The molecule has 0 aliphatic carbocycles. The van der Waals surface area contributed by atoms with Crippen LogP contribution < -0.4 is 0 Å². The summed E-state index contributed by atoms with van der Waals surface area (Å²) in [4.78, 5) is 4.72. The fourth-order valence-corrected chi connectivity index (χ4v) is 2.09. The van der Waals surface area contributed by atoms with Gasteiger partial charge < -0.3 is 0 Å². The number of rotatable bonds is 4. The van der Waals surface area contributed by atoms with Crippen molar-refractivity contribution in [3.8, 4) is 6.07 Å². The molecule has 0 aromatic carbocycles. The van der Waals surface area contributed by atoms with E-state index in [1.54, 1.807) is 0 Å². The van der Waals surface area contributed by atoms with Gasteiger partial charge in [0.25, 0.3) is 0 Å². The molecule has 1 atom stereocenters. The maximum absolute atomic E-state index is 8.56. The predicted octanol–water partition coefficient (Wildman–Crippen LogP) is 0.926. The third kappa shape index (κ3) is 2.68. The molecule has 0 spiro atoms. The molecular weight excluding hydrogens is 162 g/mol. The van der Waals surface area contributed by atoms with E-state index in [2.05, 4.69) is 29.7 Å². The highest BCUT2D eigenvalue weighted by Gasteiger charge is 2.25. The Labute approximate surface area is 80.9 Å². The molecule has 1 rings (SSSR count). The predicted molar refractivity (Wildman–Crippen MR) is 53.4 cm³/mol. The molecule has 3 heteroatoms. The topological polar surface area (TPSA) is 30.3 Å². The van der Waals surface area contributed by atoms with Crippen LogP contribution in [-0.2, 0) is 0 Å². The van der Waals surface area contributed by atoms with Gasteiger partial charge in [-0.05, 0) is 19.5 Å². The van der Waals surface area contributed by atoms with Crippen molar-refractivity contribution >= 4 is 0 Å². The maximum atomic E-state index is 8.56. The third-order valence-corrected chi connectivity index (χ3v) is 2.87. The molecule has 3 nitrogen and oxygen atoms in total. The van der Waals surface area contributed by atoms with Gasteiger partial charge in [-0.1, -0.05) is 13.8 Å². The molecule has 1 saturated heterocycles. The van der Waals surface area contributed by atoms with E-state index in [1.807, 2.05) is 0 Å². The Hall–Kier alpha value is -0.590. The van der Waals surface area contributed by atoms with Crippen molar-refractivity contribution < 1.29 is 0 Å². The average Bonchev–Trinajstić information content (AvgIpc) is 2.56. The fraction of sp³-hybridized carbons (Fsp3) is 0.900. The summed E-state index contributed by atoms with van der Waals surface area (Å²) in [7, 11) is 0. The first-order valence-electron chi connectivity index (χ1n) is 5.15. The molecule has 1 fully saturated rings. The molecule has 0 radical (unpaired) electrons. The van der Waals surface area contributed by atoms with Gasteiger partial charge in [0.1, 0.15) is 0 Å². The van der Waals surface area contributed by atoms with Crippen molar-refractivity contribution in [3.05, 3.63) is 0 Å². The van der Waals surface area contributed by atoms with Crippen LogP contribution in [0.5, 0.6) is 0 Å². The van der Waals surface area contributed by atoms with E-state index in [9.17, 15) is 0 Å². The van der Waals surface area contributed by atoms with Crippen molar-refractivity contribution in [2.24, 2.45) is 0 Å². The summed E-state index contributed by atoms with van der Waals surface area (Å²) < 4.78 is 0. The molecular formula is C10H19N3. The third-order valence-electron chi connectivity index (χ3n) is 2.87. The lowest BCUT2D eigenvalue weighted by Crippen LogP contribution is -2.37. The summed E-state index contributed by atoms with van der Waals surface area (Å²) in [5, 5.41) is 8.56. The van der Waals surface area contributed by atoms with E-state index in [-0.39, 0.29) is 0 Å². The summed E-state index contributed by atoms with van der Waals surface area (Å²) in [5.74, 6) is 0. The van der Waals surface area contributed by atoms with Gasteiger partial charge in [-0.15, -0.1) is 0 Å². The zero-order chi connectivity index (χ0) is 9.68. The molecule has 1 aliphatic rings. The van der Waals surface area contributed by atoms with Gasteiger partial charge in [-0.25, -0.2) is 0 Å². The molecule has 0 aromatic heterocycles. The molecule has 1 heterocycles. The van der Waals surface area contributed by atoms with Crippen LogP contribution in [0.25, 0.3) is 0 Å². The Balaban J connectivity index is 2.35. The Morgan fingerprint density at radius 1 is 1.46 bits per heavy atom. The van der Waals surface area contributed by atoms with Gasteiger partial charge in [0, 0.05) is 19.1 Å². The molecule has 74 valence electrons. The maximum Gasteiger partial charge on any atom is 0.0866 e. The number of likely N-dealkylation sites (N-methyl/N-ethyl adjacent to an activating group) is 1. The monoisotopic (exact) mass is 181 g/mol. The van der Waals surface area contributed by atoms with Gasteiger partial charge in [0.2, 0.25) is 0 Å². The molecule has 0 N–H and O–H groups in total. The fourth-order valence-electron chi connectivity index (χ4n) is 2.09. The summed E-state index contributed by atoms with van der Waals surface area (Å²) in [6.07, 6.45) is 1.23. The van der Waals surface area contributed by atoms with Crippen LogP contribution in [0, 0.1) is 11.3 Å². The zero-order valence-electron chi connectivity index (χ0n) is 8.66. The second kappa shape index (κ2) is 5.21. The Morgan fingerprint density at radius 2 is 2.15 bits per heavy atom. The van der Waals surface area contributed by atoms with E-state index in [0.29, 0.717) is 12.6 Å². The van der Waals surface area contributed by atoms with Crippen molar-refractivity contribution in [2.75, 3.05) is 32.7 Å². The molecule has 0 bridgehead atoms. The van der Waals surface area contributed by atoms with Gasteiger partial charge in [0.05, 0.1) is 12.6 Å². The standard InChI is InChI=1S/C10H19N3/c1-3-13(4-2)10-5-7-12(9-10)8-6-11/h10H,3-5,7-9H2,1-2H3. The first-order chi connectivity index (χ1) is 6.31. The molecule has 0 aromatic rings. The van der Waals surface area contributed by atoms with Crippen molar-refractivity contribution in [3.63, 3.8) is 0 Å². The summed E-state index contributed by atoms with van der Waals surface area (Å²) in [6.45, 7) is 9.43. The first-order valence-corrected chi connectivity index (χ1v) is 5.15. The van der Waals surface area contributed by atoms with Gasteiger partial charge in [-0.3, -0.25) is 9.80 Å². The molecule has 1 unspecified atom stereocenters. The number of nitrogens with zero attached hydrogens (tertiary/aromatic N) is 3. The van der Waals surface area contributed by atoms with Crippen LogP contribution in [0.2, 0.25) is 0 Å². The van der Waals surface area contributed by atoms with Crippen LogP contribution in [-0.4, -0.2) is 48.6 Å². The van der Waals surface area contributed by atoms with Crippen LogP contribution in [0.4, 0.5) is 0 Å². The smallest absolute Gasteiger partial charge is 0.0866 e. The van der Waals surface area contributed by atoms with E-state index in [4.69, 9.17) is 5.26 Å². The summed E-state index contributed by atoms with van der Waals surface area (Å²) >= 11 is 0. The second-order valence-corrected chi connectivity index (χ2v) is 3.56. The van der Waals surface area contributed by atoms with Crippen molar-refractivity contribution in [1.29, 1.82) is 5.26 Å². The lowest BCUT2D eigenvalue weighted by Gasteiger charge is -2.25. The van der Waals surface area contributed by atoms with E-state index < -0.39 is 0 Å². The zero-order valence-corrected chi connectivity index (χ0v) is 8.66. The van der Waals surface area contributed by atoms with Crippen molar-refractivity contribution in [2.45, 2.75) is 26.3 Å². The number of hydrogen-bond acceptors (Lipinski definition) is 3. The molecule has 1 aliphatic heterocycles. The number of likely N-dealkylation sites (tertiary alicyclic amines) is 1. The van der Waals surface area contributed by atoms with E-state index >= 15 is 0 Å². The average molecular weight is 181 g/mol.